The summed E-state index contributed by atoms with van der Waals surface area (Å²) in [6, 6.07) is 5.26. The number of nitrogens with one attached hydrogen (secondary N) is 1. The average Bonchev–Trinajstić information content (AvgIpc) is 2.72. The lowest BCUT2D eigenvalue weighted by molar-refractivity contribution is -0.149. The van der Waals surface area contributed by atoms with E-state index < -0.39 is 18.0 Å². The number of hydrogen-bond donors (Lipinski definition) is 1. The summed E-state index contributed by atoms with van der Waals surface area (Å²) < 4.78 is 9.58. The first kappa shape index (κ1) is 14.1. The molecule has 0 saturated heterocycles. The van der Waals surface area contributed by atoms with E-state index in [4.69, 9.17) is 4.74 Å². The zero-order valence-corrected chi connectivity index (χ0v) is 11.9. The largest absolute Gasteiger partial charge is 0.466 e. The van der Waals surface area contributed by atoms with Crippen LogP contribution in [0.3, 0.4) is 0 Å². The van der Waals surface area contributed by atoms with Crippen LogP contribution in [0.4, 0.5) is 0 Å². The maximum absolute atomic E-state index is 12.0. The van der Waals surface area contributed by atoms with Crippen LogP contribution in [0.1, 0.15) is 28.5 Å². The molecule has 1 atom stereocenters. The van der Waals surface area contributed by atoms with Gasteiger partial charge in [-0.1, -0.05) is 0 Å². The molecule has 0 radical (unpaired) electrons. The van der Waals surface area contributed by atoms with E-state index in [2.05, 4.69) is 9.72 Å². The van der Waals surface area contributed by atoms with Gasteiger partial charge in [0, 0.05) is 16.6 Å². The van der Waals surface area contributed by atoms with Crippen molar-refractivity contribution in [1.29, 1.82) is 0 Å². The van der Waals surface area contributed by atoms with Crippen molar-refractivity contribution >= 4 is 22.8 Å². The van der Waals surface area contributed by atoms with Crippen LogP contribution in [-0.2, 0) is 14.3 Å². The Balaban J connectivity index is 2.26. The predicted octanol–water partition coefficient (Wildman–Crippen LogP) is 2.50. The molecule has 0 aliphatic carbocycles. The third kappa shape index (κ3) is 2.52. The lowest BCUT2D eigenvalue weighted by Gasteiger charge is -2.10. The zero-order valence-electron chi connectivity index (χ0n) is 11.9. The van der Waals surface area contributed by atoms with Gasteiger partial charge in [0.05, 0.1) is 12.7 Å². The Kier molecular flexibility index (Phi) is 3.79. The quantitative estimate of drug-likeness (QED) is 0.874. The molecule has 5 nitrogen and oxygen atoms in total. The van der Waals surface area contributed by atoms with E-state index in [0.29, 0.717) is 5.56 Å². The molecule has 0 amide bonds. The van der Waals surface area contributed by atoms with Crippen LogP contribution in [0.15, 0.2) is 18.2 Å². The van der Waals surface area contributed by atoms with E-state index >= 15 is 0 Å². The van der Waals surface area contributed by atoms with Crippen molar-refractivity contribution in [3.05, 3.63) is 35.0 Å². The predicted molar refractivity (Wildman–Crippen MR) is 74.7 cm³/mol. The van der Waals surface area contributed by atoms with Crippen LogP contribution >= 0.6 is 0 Å². The summed E-state index contributed by atoms with van der Waals surface area (Å²) in [5.74, 6) is -1.11. The first-order valence-electron chi connectivity index (χ1n) is 6.31. The van der Waals surface area contributed by atoms with E-state index in [1.807, 2.05) is 19.9 Å². The van der Waals surface area contributed by atoms with Gasteiger partial charge in [0.1, 0.15) is 0 Å². The first-order chi connectivity index (χ1) is 9.43. The standard InChI is InChI=1S/C15H17NO4/c1-8-9(2)16-13-6-5-11(7-12(8)13)15(18)20-10(3)14(17)19-4/h5-7,10,16H,1-4H3/t10-/m1/s1. The highest BCUT2D eigenvalue weighted by Gasteiger charge is 2.19. The van der Waals surface area contributed by atoms with Crippen molar-refractivity contribution in [3.8, 4) is 0 Å². The van der Waals surface area contributed by atoms with Crippen molar-refractivity contribution in [2.75, 3.05) is 7.11 Å². The molecular weight excluding hydrogens is 258 g/mol. The highest BCUT2D eigenvalue weighted by Crippen LogP contribution is 2.22. The number of rotatable bonds is 3. The van der Waals surface area contributed by atoms with Gasteiger partial charge >= 0.3 is 11.9 Å². The minimum Gasteiger partial charge on any atom is -0.466 e. The van der Waals surface area contributed by atoms with Crippen LogP contribution in [0.2, 0.25) is 0 Å². The lowest BCUT2D eigenvalue weighted by atomic mass is 10.1. The zero-order chi connectivity index (χ0) is 14.9. The Hall–Kier alpha value is -2.30. The highest BCUT2D eigenvalue weighted by atomic mass is 16.6. The van der Waals surface area contributed by atoms with Gasteiger partial charge in [0.15, 0.2) is 6.10 Å². The molecule has 1 N–H and O–H groups in total. The van der Waals surface area contributed by atoms with E-state index in [0.717, 1.165) is 22.2 Å². The van der Waals surface area contributed by atoms with Crippen molar-refractivity contribution in [1.82, 2.24) is 4.98 Å². The number of aromatic amines is 1. The van der Waals surface area contributed by atoms with E-state index in [1.165, 1.54) is 14.0 Å². The summed E-state index contributed by atoms with van der Waals surface area (Å²) in [5.41, 5.74) is 3.54. The number of H-pyrrole nitrogens is 1. The number of fused-ring (bicyclic) bond motifs is 1. The van der Waals surface area contributed by atoms with Crippen molar-refractivity contribution < 1.29 is 19.1 Å². The molecule has 2 aromatic rings. The lowest BCUT2D eigenvalue weighted by Crippen LogP contribution is -2.25. The molecule has 1 aromatic carbocycles. The van der Waals surface area contributed by atoms with Crippen LogP contribution in [-0.4, -0.2) is 30.1 Å². The molecule has 1 heterocycles. The second kappa shape index (κ2) is 5.36. The Morgan fingerprint density at radius 3 is 2.60 bits per heavy atom. The van der Waals surface area contributed by atoms with Gasteiger partial charge in [-0.2, -0.15) is 0 Å². The van der Waals surface area contributed by atoms with Gasteiger partial charge in [-0.3, -0.25) is 0 Å². The van der Waals surface area contributed by atoms with Crippen LogP contribution in [0.25, 0.3) is 10.9 Å². The van der Waals surface area contributed by atoms with E-state index in [9.17, 15) is 9.59 Å². The van der Waals surface area contributed by atoms with Crippen molar-refractivity contribution in [2.45, 2.75) is 26.9 Å². The maximum Gasteiger partial charge on any atom is 0.346 e. The second-order valence-corrected chi connectivity index (χ2v) is 4.71. The molecule has 1 aromatic heterocycles. The normalized spacial score (nSPS) is 12.2. The number of methoxy groups -OCH3 is 1. The smallest absolute Gasteiger partial charge is 0.346 e. The van der Waals surface area contributed by atoms with Gasteiger partial charge in [-0.15, -0.1) is 0 Å². The summed E-state index contributed by atoms with van der Waals surface area (Å²) in [6.45, 7) is 5.45. The Bertz CT molecular complexity index is 672. The van der Waals surface area contributed by atoms with E-state index in [-0.39, 0.29) is 0 Å². The number of aromatic nitrogens is 1. The molecule has 0 spiro atoms. The van der Waals surface area contributed by atoms with Gasteiger partial charge in [0.2, 0.25) is 0 Å². The maximum atomic E-state index is 12.0. The van der Waals surface area contributed by atoms with Crippen LogP contribution in [0.5, 0.6) is 0 Å². The van der Waals surface area contributed by atoms with Gasteiger partial charge in [-0.05, 0) is 44.5 Å². The number of carbonyl (C=O) groups excluding carboxylic acids is 2. The summed E-state index contributed by atoms with van der Waals surface area (Å²) in [5, 5.41) is 0.975. The Labute approximate surface area is 116 Å². The van der Waals surface area contributed by atoms with Crippen molar-refractivity contribution in [2.24, 2.45) is 0 Å². The Morgan fingerprint density at radius 1 is 1.25 bits per heavy atom. The molecule has 0 bridgehead atoms. The molecule has 2 rings (SSSR count). The topological polar surface area (TPSA) is 68.4 Å². The van der Waals surface area contributed by atoms with E-state index in [1.54, 1.807) is 12.1 Å². The minimum absolute atomic E-state index is 0.412. The molecule has 0 aliphatic heterocycles. The summed E-state index contributed by atoms with van der Waals surface area (Å²) >= 11 is 0. The van der Waals surface area contributed by atoms with Crippen LogP contribution in [0, 0.1) is 13.8 Å². The second-order valence-electron chi connectivity index (χ2n) is 4.71. The number of hydrogen-bond acceptors (Lipinski definition) is 4. The highest BCUT2D eigenvalue weighted by molar-refractivity contribution is 5.96. The number of aryl methyl sites for hydroxylation is 2. The summed E-state index contributed by atoms with van der Waals surface area (Å²) in [4.78, 5) is 26.5. The fourth-order valence-electron chi connectivity index (χ4n) is 2.03. The molecule has 0 unspecified atom stereocenters. The third-order valence-electron chi connectivity index (χ3n) is 3.36. The van der Waals surface area contributed by atoms with Gasteiger partial charge < -0.3 is 14.5 Å². The first-order valence-corrected chi connectivity index (χ1v) is 6.31. The number of carbonyl (C=O) groups is 2. The molecule has 20 heavy (non-hydrogen) atoms. The monoisotopic (exact) mass is 275 g/mol. The minimum atomic E-state index is -0.919. The van der Waals surface area contributed by atoms with Crippen LogP contribution < -0.4 is 0 Å². The fraction of sp³-hybridized carbons (Fsp3) is 0.333. The average molecular weight is 275 g/mol. The number of benzene rings is 1. The molecule has 0 fully saturated rings. The van der Waals surface area contributed by atoms with Crippen molar-refractivity contribution in [3.63, 3.8) is 0 Å². The molecular formula is C15H17NO4. The van der Waals surface area contributed by atoms with Gasteiger partial charge in [-0.25, -0.2) is 9.59 Å². The molecule has 5 heteroatoms. The van der Waals surface area contributed by atoms with Gasteiger partial charge in [0.25, 0.3) is 0 Å². The molecule has 0 aliphatic rings. The molecule has 106 valence electrons. The Morgan fingerprint density at radius 2 is 1.95 bits per heavy atom. The fourth-order valence-corrected chi connectivity index (χ4v) is 2.03. The number of esters is 2. The summed E-state index contributed by atoms with van der Waals surface area (Å²) in [7, 11) is 1.25. The SMILES string of the molecule is COC(=O)[C@@H](C)OC(=O)c1ccc2[nH]c(C)c(C)c2c1. The summed E-state index contributed by atoms with van der Waals surface area (Å²) in [6.07, 6.45) is -0.919. The molecule has 0 saturated carbocycles. The third-order valence-corrected chi connectivity index (χ3v) is 3.36. The number of ether oxygens (including phenoxy) is 2.